The number of carbonyl (C=O) groups excluding carboxylic acids is 1. The van der Waals surface area contributed by atoms with Crippen molar-refractivity contribution in [2.45, 2.75) is 32.9 Å². The summed E-state index contributed by atoms with van der Waals surface area (Å²) in [7, 11) is 1.34. The van der Waals surface area contributed by atoms with Gasteiger partial charge in [-0.25, -0.2) is 9.78 Å². The molecule has 9 nitrogen and oxygen atoms in total. The number of carbonyl (C=O) groups is 1. The Hall–Kier alpha value is -3.37. The number of methoxy groups -OCH3 is 1. The van der Waals surface area contributed by atoms with Crippen LogP contribution >= 0.6 is 11.3 Å². The van der Waals surface area contributed by atoms with Gasteiger partial charge in [-0.2, -0.15) is 0 Å². The molecule has 0 amide bonds. The van der Waals surface area contributed by atoms with Gasteiger partial charge in [0.05, 0.1) is 24.9 Å². The van der Waals surface area contributed by atoms with E-state index in [1.807, 2.05) is 25.1 Å². The van der Waals surface area contributed by atoms with E-state index >= 15 is 0 Å². The fourth-order valence-corrected chi connectivity index (χ4v) is 5.27. The summed E-state index contributed by atoms with van der Waals surface area (Å²) in [5.74, 6) is 1.28. The second kappa shape index (κ2) is 10.1. The first kappa shape index (κ1) is 23.4. The molecule has 35 heavy (non-hydrogen) atoms. The fourth-order valence-electron chi connectivity index (χ4n) is 4.50. The van der Waals surface area contributed by atoms with Crippen molar-refractivity contribution in [2.24, 2.45) is 0 Å². The number of pyridine rings is 1. The molecular weight excluding hydrogens is 470 g/mol. The van der Waals surface area contributed by atoms with Crippen molar-refractivity contribution in [3.05, 3.63) is 67.5 Å². The van der Waals surface area contributed by atoms with Gasteiger partial charge < -0.3 is 23.5 Å². The third-order valence-corrected chi connectivity index (χ3v) is 7.35. The van der Waals surface area contributed by atoms with Crippen LogP contribution in [0.3, 0.4) is 0 Å². The third kappa shape index (κ3) is 4.89. The smallest absolute Gasteiger partial charge is 0.343 e. The Kier molecular flexibility index (Phi) is 6.74. The van der Waals surface area contributed by atoms with E-state index < -0.39 is 5.97 Å². The summed E-state index contributed by atoms with van der Waals surface area (Å²) in [4.78, 5) is 33.4. The zero-order valence-electron chi connectivity index (χ0n) is 19.7. The molecule has 3 aromatic rings. The van der Waals surface area contributed by atoms with Crippen molar-refractivity contribution in [1.29, 1.82) is 0 Å². The van der Waals surface area contributed by atoms with Crippen molar-refractivity contribution >= 4 is 17.3 Å². The molecule has 0 bridgehead atoms. The average molecular weight is 498 g/mol. The molecule has 2 aliphatic heterocycles. The van der Waals surface area contributed by atoms with Gasteiger partial charge in [0.25, 0.3) is 5.56 Å². The third-order valence-electron chi connectivity index (χ3n) is 6.35. The van der Waals surface area contributed by atoms with E-state index in [-0.39, 0.29) is 18.1 Å². The molecule has 0 aliphatic carbocycles. The van der Waals surface area contributed by atoms with Crippen molar-refractivity contribution in [3.63, 3.8) is 0 Å². The Bertz CT molecular complexity index is 1300. The normalized spacial score (nSPS) is 14.9. The summed E-state index contributed by atoms with van der Waals surface area (Å²) in [6.07, 6.45) is 1.17. The Morgan fingerprint density at radius 2 is 2.03 bits per heavy atom. The van der Waals surface area contributed by atoms with Crippen LogP contribution in [0.4, 0.5) is 0 Å². The lowest BCUT2D eigenvalue weighted by molar-refractivity contribution is 0.0593. The van der Waals surface area contributed by atoms with Crippen LogP contribution in [-0.4, -0.2) is 54.0 Å². The van der Waals surface area contributed by atoms with Gasteiger partial charge in [-0.15, -0.1) is 11.3 Å². The molecule has 184 valence electrons. The van der Waals surface area contributed by atoms with Gasteiger partial charge in [0.1, 0.15) is 11.3 Å². The maximum Gasteiger partial charge on any atom is 0.343 e. The lowest BCUT2D eigenvalue weighted by Crippen LogP contribution is -2.29. The van der Waals surface area contributed by atoms with Crippen LogP contribution in [0.5, 0.6) is 17.2 Å². The van der Waals surface area contributed by atoms with E-state index in [1.165, 1.54) is 13.2 Å². The van der Waals surface area contributed by atoms with Crippen LogP contribution < -0.4 is 19.8 Å². The molecule has 0 radical (unpaired) electrons. The minimum absolute atomic E-state index is 0.179. The van der Waals surface area contributed by atoms with E-state index in [1.54, 1.807) is 21.4 Å². The Labute approximate surface area is 206 Å². The van der Waals surface area contributed by atoms with Crippen molar-refractivity contribution in [3.8, 4) is 17.2 Å². The number of ether oxygens (including phenoxy) is 4. The minimum atomic E-state index is -0.498. The fraction of sp³-hybridized carbons (Fsp3) is 0.400. The number of aryl methyl sites for hydroxylation is 1. The topological polar surface area (TPSA) is 92.1 Å². The molecule has 4 heterocycles. The molecule has 0 N–H and O–H groups in total. The number of thiazole rings is 1. The maximum atomic E-state index is 13.0. The number of benzene rings is 1. The van der Waals surface area contributed by atoms with Crippen LogP contribution in [0.2, 0.25) is 0 Å². The SMILES string of the molecule is COC(=O)c1c(OCCc2scnc2C)cc(=O)n2c1CCN(Cc1ccc3c(c1)OCO3)CC2. The van der Waals surface area contributed by atoms with Gasteiger partial charge in [0, 0.05) is 55.7 Å². The summed E-state index contributed by atoms with van der Waals surface area (Å²) in [5.41, 5.74) is 4.68. The van der Waals surface area contributed by atoms with Crippen molar-refractivity contribution in [1.82, 2.24) is 14.5 Å². The zero-order chi connectivity index (χ0) is 24.4. The van der Waals surface area contributed by atoms with E-state index in [0.717, 1.165) is 27.6 Å². The number of aromatic nitrogens is 2. The molecule has 5 rings (SSSR count). The molecule has 10 heteroatoms. The predicted molar refractivity (Wildman–Crippen MR) is 130 cm³/mol. The number of nitrogens with zero attached hydrogens (tertiary/aromatic N) is 3. The highest BCUT2D eigenvalue weighted by molar-refractivity contribution is 7.09. The Balaban J connectivity index is 1.35. The lowest BCUT2D eigenvalue weighted by Gasteiger charge is -2.19. The average Bonchev–Trinajstić information content (AvgIpc) is 3.43. The number of rotatable bonds is 7. The number of esters is 1. The molecule has 0 atom stereocenters. The van der Waals surface area contributed by atoms with Gasteiger partial charge in [-0.3, -0.25) is 9.69 Å². The quantitative estimate of drug-likeness (QED) is 0.460. The summed E-state index contributed by atoms with van der Waals surface area (Å²) < 4.78 is 23.6. The lowest BCUT2D eigenvalue weighted by atomic mass is 10.1. The van der Waals surface area contributed by atoms with E-state index in [4.69, 9.17) is 18.9 Å². The first-order valence-electron chi connectivity index (χ1n) is 11.5. The maximum absolute atomic E-state index is 13.0. The summed E-state index contributed by atoms with van der Waals surface area (Å²) in [5, 5.41) is 0. The highest BCUT2D eigenvalue weighted by Crippen LogP contribution is 2.33. The second-order valence-corrected chi connectivity index (χ2v) is 9.42. The highest BCUT2D eigenvalue weighted by atomic mass is 32.1. The Morgan fingerprint density at radius 3 is 2.83 bits per heavy atom. The standard InChI is InChI=1S/C25H27N3O6S/c1-16-22(35-14-26-16)6-10-32-21-12-23(29)28-9-8-27(7-5-18(28)24(21)25(30)31-2)13-17-3-4-19-20(11-17)34-15-33-19/h3-4,11-12,14H,5-10,13,15H2,1-2H3. The zero-order valence-corrected chi connectivity index (χ0v) is 20.6. The van der Waals surface area contributed by atoms with Crippen LogP contribution in [0.15, 0.2) is 34.6 Å². The summed E-state index contributed by atoms with van der Waals surface area (Å²) in [6.45, 7) is 5.06. The molecule has 0 spiro atoms. The first-order valence-corrected chi connectivity index (χ1v) is 12.4. The molecule has 2 aliphatic rings. The number of hydrogen-bond acceptors (Lipinski definition) is 9. The van der Waals surface area contributed by atoms with Gasteiger partial charge in [-0.05, 0) is 24.6 Å². The summed E-state index contributed by atoms with van der Waals surface area (Å²) in [6, 6.07) is 7.34. The molecule has 0 saturated heterocycles. The van der Waals surface area contributed by atoms with Gasteiger partial charge >= 0.3 is 5.97 Å². The van der Waals surface area contributed by atoms with Crippen molar-refractivity contribution in [2.75, 3.05) is 33.6 Å². The van der Waals surface area contributed by atoms with Crippen LogP contribution in [0.25, 0.3) is 0 Å². The van der Waals surface area contributed by atoms with Gasteiger partial charge in [0.15, 0.2) is 11.5 Å². The molecule has 1 aromatic carbocycles. The highest BCUT2D eigenvalue weighted by Gasteiger charge is 2.26. The number of fused-ring (bicyclic) bond motifs is 2. The minimum Gasteiger partial charge on any atom is -0.492 e. The monoisotopic (exact) mass is 497 g/mol. The number of hydrogen-bond donors (Lipinski definition) is 0. The largest absolute Gasteiger partial charge is 0.492 e. The van der Waals surface area contributed by atoms with E-state index in [9.17, 15) is 9.59 Å². The van der Waals surface area contributed by atoms with Crippen LogP contribution in [-0.2, 0) is 30.7 Å². The molecular formula is C25H27N3O6S. The van der Waals surface area contributed by atoms with Crippen molar-refractivity contribution < 1.29 is 23.7 Å². The first-order chi connectivity index (χ1) is 17.0. The van der Waals surface area contributed by atoms with Crippen LogP contribution in [0, 0.1) is 6.92 Å². The molecule has 0 unspecified atom stereocenters. The molecule has 2 aromatic heterocycles. The summed E-state index contributed by atoms with van der Waals surface area (Å²) >= 11 is 1.57. The van der Waals surface area contributed by atoms with Gasteiger partial charge in [-0.1, -0.05) is 6.07 Å². The molecule has 0 saturated carbocycles. The molecule has 0 fully saturated rings. The van der Waals surface area contributed by atoms with E-state index in [2.05, 4.69) is 9.88 Å². The van der Waals surface area contributed by atoms with Crippen LogP contribution in [0.1, 0.15) is 32.2 Å². The second-order valence-electron chi connectivity index (χ2n) is 8.48. The van der Waals surface area contributed by atoms with E-state index in [0.29, 0.717) is 56.9 Å². The van der Waals surface area contributed by atoms with Gasteiger partial charge in [0.2, 0.25) is 6.79 Å². The Morgan fingerprint density at radius 1 is 1.17 bits per heavy atom. The predicted octanol–water partition coefficient (Wildman–Crippen LogP) is 2.81.